The molecule has 0 saturated heterocycles. The third-order valence-electron chi connectivity index (χ3n) is 3.47. The van der Waals surface area contributed by atoms with Crippen LogP contribution in [0.5, 0.6) is 5.75 Å². The van der Waals surface area contributed by atoms with E-state index in [0.29, 0.717) is 0 Å². The Morgan fingerprint density at radius 1 is 1.26 bits per heavy atom. The van der Waals surface area contributed by atoms with Crippen molar-refractivity contribution in [3.8, 4) is 17.0 Å². The Hall–Kier alpha value is -1.87. The molecule has 1 aliphatic rings. The molecule has 0 amide bonds. The minimum Gasteiger partial charge on any atom is -0.487 e. The normalized spacial score (nSPS) is 20.5. The van der Waals surface area contributed by atoms with Crippen molar-refractivity contribution in [2.75, 3.05) is 0 Å². The zero-order valence-electron chi connectivity index (χ0n) is 11.3. The van der Waals surface area contributed by atoms with Crippen LogP contribution in [0.15, 0.2) is 42.6 Å². The molecular formula is C16H18N2O. The predicted molar refractivity (Wildman–Crippen MR) is 75.9 cm³/mol. The number of ether oxygens (including phenoxy) is 1. The average molecular weight is 254 g/mol. The fraction of sp³-hybridized carbons (Fsp3) is 0.312. The molecule has 1 aliphatic heterocycles. The second-order valence-corrected chi connectivity index (χ2v) is 5.64. The first-order valence-corrected chi connectivity index (χ1v) is 6.55. The number of nitrogens with two attached hydrogens (primary N) is 1. The lowest BCUT2D eigenvalue weighted by molar-refractivity contribution is 0.0730. The molecule has 3 heteroatoms. The molecule has 1 atom stereocenters. The molecule has 1 aromatic carbocycles. The van der Waals surface area contributed by atoms with E-state index >= 15 is 0 Å². The highest BCUT2D eigenvalue weighted by Crippen LogP contribution is 2.39. The highest BCUT2D eigenvalue weighted by atomic mass is 16.5. The molecule has 0 fully saturated rings. The second kappa shape index (κ2) is 4.35. The number of benzene rings is 1. The van der Waals surface area contributed by atoms with Crippen molar-refractivity contribution in [2.24, 2.45) is 5.73 Å². The first-order valence-electron chi connectivity index (χ1n) is 6.55. The third kappa shape index (κ3) is 2.34. The van der Waals surface area contributed by atoms with E-state index in [-0.39, 0.29) is 11.6 Å². The number of hydrogen-bond donors (Lipinski definition) is 1. The van der Waals surface area contributed by atoms with Crippen molar-refractivity contribution >= 4 is 0 Å². The summed E-state index contributed by atoms with van der Waals surface area (Å²) in [7, 11) is 0. The highest BCUT2D eigenvalue weighted by molar-refractivity contribution is 5.63. The van der Waals surface area contributed by atoms with Crippen molar-refractivity contribution in [1.29, 1.82) is 0 Å². The summed E-state index contributed by atoms with van der Waals surface area (Å²) < 4.78 is 6.04. The van der Waals surface area contributed by atoms with Crippen LogP contribution in [0.1, 0.15) is 31.9 Å². The first kappa shape index (κ1) is 12.2. The molecule has 0 spiro atoms. The Labute approximate surface area is 113 Å². The van der Waals surface area contributed by atoms with E-state index < -0.39 is 0 Å². The lowest BCUT2D eigenvalue weighted by Crippen LogP contribution is -2.37. The van der Waals surface area contributed by atoms with Gasteiger partial charge in [0, 0.05) is 29.8 Å². The molecule has 2 aromatic rings. The molecule has 19 heavy (non-hydrogen) atoms. The lowest BCUT2D eigenvalue weighted by Gasteiger charge is -2.36. The van der Waals surface area contributed by atoms with E-state index in [4.69, 9.17) is 10.5 Å². The Balaban J connectivity index is 2.05. The predicted octanol–water partition coefficient (Wildman–Crippen LogP) is 3.31. The van der Waals surface area contributed by atoms with Gasteiger partial charge < -0.3 is 10.5 Å². The monoisotopic (exact) mass is 254 g/mol. The smallest absolute Gasteiger partial charge is 0.125 e. The first-order chi connectivity index (χ1) is 9.05. The summed E-state index contributed by atoms with van der Waals surface area (Å²) >= 11 is 0. The van der Waals surface area contributed by atoms with E-state index in [1.807, 2.05) is 24.3 Å². The van der Waals surface area contributed by atoms with Crippen LogP contribution in [0.2, 0.25) is 0 Å². The van der Waals surface area contributed by atoms with Gasteiger partial charge in [-0.15, -0.1) is 0 Å². The number of aromatic nitrogens is 1. The maximum atomic E-state index is 6.22. The van der Waals surface area contributed by atoms with Crippen LogP contribution in [-0.4, -0.2) is 10.6 Å². The minimum absolute atomic E-state index is 0.0385. The van der Waals surface area contributed by atoms with E-state index in [9.17, 15) is 0 Å². The Kier molecular flexibility index (Phi) is 2.79. The molecule has 2 N–H and O–H groups in total. The zero-order chi connectivity index (χ0) is 13.5. The van der Waals surface area contributed by atoms with Gasteiger partial charge in [0.25, 0.3) is 0 Å². The van der Waals surface area contributed by atoms with Gasteiger partial charge in [0.1, 0.15) is 11.4 Å². The molecule has 0 radical (unpaired) electrons. The lowest BCUT2D eigenvalue weighted by atomic mass is 9.89. The third-order valence-corrected chi connectivity index (χ3v) is 3.47. The molecule has 0 aliphatic carbocycles. The summed E-state index contributed by atoms with van der Waals surface area (Å²) in [5.74, 6) is 0.881. The number of pyridine rings is 1. The van der Waals surface area contributed by atoms with Crippen LogP contribution >= 0.6 is 0 Å². The quantitative estimate of drug-likeness (QED) is 0.849. The Morgan fingerprint density at radius 3 is 2.84 bits per heavy atom. The standard InChI is InChI=1S/C16H18N2O/c1-16(2)10-13(17)12-7-6-11(9-15(12)19-16)14-5-3-4-8-18-14/h3-9,13H,10,17H2,1-2H3. The zero-order valence-corrected chi connectivity index (χ0v) is 11.3. The van der Waals surface area contributed by atoms with Gasteiger partial charge >= 0.3 is 0 Å². The Bertz CT molecular complexity index is 593. The van der Waals surface area contributed by atoms with Gasteiger partial charge in [-0.3, -0.25) is 4.98 Å². The summed E-state index contributed by atoms with van der Waals surface area (Å²) in [6, 6.07) is 12.1. The van der Waals surface area contributed by atoms with E-state index in [1.165, 1.54) is 0 Å². The van der Waals surface area contributed by atoms with Crippen LogP contribution in [0.4, 0.5) is 0 Å². The fourth-order valence-corrected chi connectivity index (χ4v) is 2.60. The molecule has 1 aromatic heterocycles. The van der Waals surface area contributed by atoms with Crippen molar-refractivity contribution < 1.29 is 4.74 Å². The van der Waals surface area contributed by atoms with Gasteiger partial charge in [-0.2, -0.15) is 0 Å². The van der Waals surface area contributed by atoms with Crippen molar-refractivity contribution in [1.82, 2.24) is 4.98 Å². The van der Waals surface area contributed by atoms with E-state index in [0.717, 1.165) is 29.0 Å². The van der Waals surface area contributed by atoms with Gasteiger partial charge in [-0.25, -0.2) is 0 Å². The van der Waals surface area contributed by atoms with Crippen LogP contribution in [0.3, 0.4) is 0 Å². The summed E-state index contributed by atoms with van der Waals surface area (Å²) in [5.41, 5.74) is 9.09. The van der Waals surface area contributed by atoms with E-state index in [2.05, 4.69) is 31.0 Å². The molecule has 1 unspecified atom stereocenters. The molecular weight excluding hydrogens is 236 g/mol. The largest absolute Gasteiger partial charge is 0.487 e. The maximum absolute atomic E-state index is 6.22. The maximum Gasteiger partial charge on any atom is 0.125 e. The number of rotatable bonds is 1. The van der Waals surface area contributed by atoms with Gasteiger partial charge in [-0.1, -0.05) is 18.2 Å². The number of hydrogen-bond acceptors (Lipinski definition) is 3. The van der Waals surface area contributed by atoms with Gasteiger partial charge in [0.15, 0.2) is 0 Å². The average Bonchev–Trinajstić information content (AvgIpc) is 2.37. The van der Waals surface area contributed by atoms with Crippen LogP contribution < -0.4 is 10.5 Å². The topological polar surface area (TPSA) is 48.1 Å². The molecule has 3 nitrogen and oxygen atoms in total. The summed E-state index contributed by atoms with van der Waals surface area (Å²) in [5, 5.41) is 0. The fourth-order valence-electron chi connectivity index (χ4n) is 2.60. The number of fused-ring (bicyclic) bond motifs is 1. The van der Waals surface area contributed by atoms with Gasteiger partial charge in [-0.05, 0) is 32.0 Å². The van der Waals surface area contributed by atoms with Crippen LogP contribution in [-0.2, 0) is 0 Å². The Morgan fingerprint density at radius 2 is 2.11 bits per heavy atom. The summed E-state index contributed by atoms with van der Waals surface area (Å²) in [4.78, 5) is 4.37. The highest BCUT2D eigenvalue weighted by Gasteiger charge is 2.31. The van der Waals surface area contributed by atoms with Gasteiger partial charge in [0.05, 0.1) is 5.69 Å². The second-order valence-electron chi connectivity index (χ2n) is 5.64. The summed E-state index contributed by atoms with van der Waals surface area (Å²) in [6.07, 6.45) is 2.63. The van der Waals surface area contributed by atoms with Crippen molar-refractivity contribution in [3.05, 3.63) is 48.2 Å². The van der Waals surface area contributed by atoms with Crippen molar-refractivity contribution in [2.45, 2.75) is 31.9 Å². The van der Waals surface area contributed by atoms with E-state index in [1.54, 1.807) is 6.20 Å². The molecule has 0 bridgehead atoms. The molecule has 3 rings (SSSR count). The van der Waals surface area contributed by atoms with Crippen LogP contribution in [0, 0.1) is 0 Å². The van der Waals surface area contributed by atoms with Crippen molar-refractivity contribution in [3.63, 3.8) is 0 Å². The minimum atomic E-state index is -0.213. The molecule has 0 saturated carbocycles. The molecule has 98 valence electrons. The molecule has 2 heterocycles. The summed E-state index contributed by atoms with van der Waals surface area (Å²) in [6.45, 7) is 4.15. The SMILES string of the molecule is CC1(C)CC(N)c2ccc(-c3ccccn3)cc2O1. The van der Waals surface area contributed by atoms with Crippen LogP contribution in [0.25, 0.3) is 11.3 Å². The number of nitrogens with zero attached hydrogens (tertiary/aromatic N) is 1. The van der Waals surface area contributed by atoms with Gasteiger partial charge in [0.2, 0.25) is 0 Å².